The SMILES string of the molecule is CC(Sc1nc2ccccc2o1)C(=N)N. The molecule has 0 aliphatic carbocycles. The minimum Gasteiger partial charge on any atom is -0.431 e. The Morgan fingerprint density at radius 2 is 2.27 bits per heavy atom. The van der Waals surface area contributed by atoms with Gasteiger partial charge in [0.25, 0.3) is 5.22 Å². The Morgan fingerprint density at radius 1 is 1.53 bits per heavy atom. The first-order valence-corrected chi connectivity index (χ1v) is 5.41. The van der Waals surface area contributed by atoms with E-state index in [0.717, 1.165) is 11.1 Å². The van der Waals surface area contributed by atoms with E-state index in [1.54, 1.807) is 0 Å². The van der Waals surface area contributed by atoms with Crippen molar-refractivity contribution in [1.82, 2.24) is 4.98 Å². The van der Waals surface area contributed by atoms with Crippen molar-refractivity contribution in [2.45, 2.75) is 17.4 Å². The number of nitrogens with zero attached hydrogens (tertiary/aromatic N) is 1. The summed E-state index contributed by atoms with van der Waals surface area (Å²) < 4.78 is 5.49. The second-order valence-electron chi connectivity index (χ2n) is 3.16. The summed E-state index contributed by atoms with van der Waals surface area (Å²) in [5, 5.41) is 7.71. The average Bonchev–Trinajstić information content (AvgIpc) is 2.59. The van der Waals surface area contributed by atoms with Crippen LogP contribution in [-0.4, -0.2) is 16.1 Å². The van der Waals surface area contributed by atoms with Crippen molar-refractivity contribution < 1.29 is 4.42 Å². The maximum absolute atomic E-state index is 7.27. The molecule has 1 atom stereocenters. The zero-order valence-electron chi connectivity index (χ0n) is 8.23. The molecule has 3 N–H and O–H groups in total. The standard InChI is InChI=1S/C10H11N3OS/c1-6(9(11)12)15-10-13-7-4-2-3-5-8(7)14-10/h2-6H,1H3,(H3,11,12). The van der Waals surface area contributed by atoms with Gasteiger partial charge in [-0.3, -0.25) is 5.41 Å². The van der Waals surface area contributed by atoms with Crippen molar-refractivity contribution in [3.63, 3.8) is 0 Å². The van der Waals surface area contributed by atoms with E-state index in [0.29, 0.717) is 5.22 Å². The van der Waals surface area contributed by atoms with Gasteiger partial charge < -0.3 is 10.2 Å². The molecular formula is C10H11N3OS. The Bertz CT molecular complexity index is 461. The second kappa shape index (κ2) is 3.94. The van der Waals surface area contributed by atoms with Crippen LogP contribution in [0.4, 0.5) is 0 Å². The van der Waals surface area contributed by atoms with Crippen LogP contribution in [0.3, 0.4) is 0 Å². The van der Waals surface area contributed by atoms with E-state index in [4.69, 9.17) is 15.6 Å². The van der Waals surface area contributed by atoms with E-state index in [1.807, 2.05) is 31.2 Å². The van der Waals surface area contributed by atoms with Gasteiger partial charge >= 0.3 is 0 Å². The molecule has 5 heteroatoms. The molecule has 0 fully saturated rings. The van der Waals surface area contributed by atoms with Gasteiger partial charge in [-0.05, 0) is 19.1 Å². The molecule has 15 heavy (non-hydrogen) atoms. The highest BCUT2D eigenvalue weighted by Gasteiger charge is 2.12. The topological polar surface area (TPSA) is 75.9 Å². The normalized spacial score (nSPS) is 12.9. The number of oxazole rings is 1. The Hall–Kier alpha value is -1.49. The molecule has 0 radical (unpaired) electrons. The predicted molar refractivity (Wildman–Crippen MR) is 61.2 cm³/mol. The summed E-state index contributed by atoms with van der Waals surface area (Å²) in [5.41, 5.74) is 6.96. The van der Waals surface area contributed by atoms with Gasteiger partial charge in [-0.1, -0.05) is 23.9 Å². The molecule has 2 rings (SSSR count). The van der Waals surface area contributed by atoms with Crippen LogP contribution in [0.25, 0.3) is 11.1 Å². The number of amidine groups is 1. The van der Waals surface area contributed by atoms with Gasteiger partial charge in [-0.2, -0.15) is 0 Å². The molecule has 0 amide bonds. The molecule has 0 bridgehead atoms. The van der Waals surface area contributed by atoms with Gasteiger partial charge in [-0.25, -0.2) is 4.98 Å². The van der Waals surface area contributed by atoms with Crippen molar-refractivity contribution in [2.75, 3.05) is 0 Å². The minimum absolute atomic E-state index is 0.113. The van der Waals surface area contributed by atoms with E-state index in [2.05, 4.69) is 4.98 Å². The molecule has 1 aromatic heterocycles. The van der Waals surface area contributed by atoms with E-state index in [1.165, 1.54) is 11.8 Å². The highest BCUT2D eigenvalue weighted by Crippen LogP contribution is 2.26. The van der Waals surface area contributed by atoms with Crippen molar-refractivity contribution in [1.29, 1.82) is 5.41 Å². The number of nitrogens with one attached hydrogen (secondary N) is 1. The van der Waals surface area contributed by atoms with Crippen LogP contribution >= 0.6 is 11.8 Å². The van der Waals surface area contributed by atoms with Gasteiger partial charge in [-0.15, -0.1) is 0 Å². The smallest absolute Gasteiger partial charge is 0.257 e. The van der Waals surface area contributed by atoms with Crippen LogP contribution in [0.2, 0.25) is 0 Å². The van der Waals surface area contributed by atoms with Gasteiger partial charge in [0, 0.05) is 0 Å². The summed E-state index contributed by atoms with van der Waals surface area (Å²) in [5.74, 6) is 0.127. The minimum atomic E-state index is -0.113. The van der Waals surface area contributed by atoms with Crippen molar-refractivity contribution in [3.05, 3.63) is 24.3 Å². The maximum Gasteiger partial charge on any atom is 0.257 e. The third-order valence-corrected chi connectivity index (χ3v) is 2.97. The van der Waals surface area contributed by atoms with Gasteiger partial charge in [0.15, 0.2) is 5.58 Å². The first-order valence-electron chi connectivity index (χ1n) is 4.53. The van der Waals surface area contributed by atoms with Gasteiger partial charge in [0.05, 0.1) is 5.25 Å². The summed E-state index contributed by atoms with van der Waals surface area (Å²) in [6, 6.07) is 7.57. The van der Waals surface area contributed by atoms with Crippen molar-refractivity contribution in [3.8, 4) is 0 Å². The number of hydrogen-bond acceptors (Lipinski definition) is 4. The quantitative estimate of drug-likeness (QED) is 0.473. The zero-order valence-corrected chi connectivity index (χ0v) is 9.04. The summed E-state index contributed by atoms with van der Waals surface area (Å²) in [6.07, 6.45) is 0. The van der Waals surface area contributed by atoms with E-state index < -0.39 is 0 Å². The number of rotatable bonds is 3. The second-order valence-corrected chi connectivity index (χ2v) is 4.45. The number of para-hydroxylation sites is 2. The summed E-state index contributed by atoms with van der Waals surface area (Å²) >= 11 is 1.35. The number of nitrogens with two attached hydrogens (primary N) is 1. The molecule has 78 valence electrons. The molecule has 1 aromatic carbocycles. The van der Waals surface area contributed by atoms with Crippen LogP contribution in [0.15, 0.2) is 33.9 Å². The lowest BCUT2D eigenvalue weighted by molar-refractivity contribution is 0.489. The van der Waals surface area contributed by atoms with E-state index in [-0.39, 0.29) is 11.1 Å². The van der Waals surface area contributed by atoms with Crippen molar-refractivity contribution in [2.24, 2.45) is 5.73 Å². The molecule has 0 aliphatic heterocycles. The van der Waals surface area contributed by atoms with Crippen LogP contribution < -0.4 is 5.73 Å². The van der Waals surface area contributed by atoms with E-state index in [9.17, 15) is 0 Å². The molecule has 1 heterocycles. The third-order valence-electron chi connectivity index (χ3n) is 1.99. The fourth-order valence-corrected chi connectivity index (χ4v) is 1.83. The van der Waals surface area contributed by atoms with E-state index >= 15 is 0 Å². The molecule has 0 saturated carbocycles. The Kier molecular flexibility index (Phi) is 2.64. The highest BCUT2D eigenvalue weighted by molar-refractivity contribution is 8.00. The number of benzene rings is 1. The molecule has 0 aliphatic rings. The molecule has 4 nitrogen and oxygen atoms in total. The summed E-state index contributed by atoms with van der Waals surface area (Å²) in [4.78, 5) is 4.28. The number of hydrogen-bond donors (Lipinski definition) is 2. The van der Waals surface area contributed by atoms with Crippen LogP contribution in [-0.2, 0) is 0 Å². The lowest BCUT2D eigenvalue weighted by Crippen LogP contribution is -2.21. The number of thioether (sulfide) groups is 1. The Labute approximate surface area is 91.4 Å². The molecule has 1 unspecified atom stereocenters. The number of aromatic nitrogens is 1. The van der Waals surface area contributed by atoms with Crippen LogP contribution in [0, 0.1) is 5.41 Å². The molecule has 0 saturated heterocycles. The fraction of sp³-hybridized carbons (Fsp3) is 0.200. The highest BCUT2D eigenvalue weighted by atomic mass is 32.2. The average molecular weight is 221 g/mol. The predicted octanol–water partition coefficient (Wildman–Crippen LogP) is 2.24. The zero-order chi connectivity index (χ0) is 10.8. The first-order chi connectivity index (χ1) is 7.16. The lowest BCUT2D eigenvalue weighted by Gasteiger charge is -2.03. The molecule has 2 aromatic rings. The monoisotopic (exact) mass is 221 g/mol. The summed E-state index contributed by atoms with van der Waals surface area (Å²) in [7, 11) is 0. The maximum atomic E-state index is 7.27. The van der Waals surface area contributed by atoms with Crippen LogP contribution in [0.1, 0.15) is 6.92 Å². The largest absolute Gasteiger partial charge is 0.431 e. The van der Waals surface area contributed by atoms with Crippen molar-refractivity contribution >= 4 is 28.7 Å². The molecule has 0 spiro atoms. The molecular weight excluding hydrogens is 210 g/mol. The lowest BCUT2D eigenvalue weighted by atomic mass is 10.3. The van der Waals surface area contributed by atoms with Gasteiger partial charge in [0.1, 0.15) is 11.4 Å². The fourth-order valence-electron chi connectivity index (χ4n) is 1.12. The Balaban J connectivity index is 2.26. The number of fused-ring (bicyclic) bond motifs is 1. The first kappa shape index (κ1) is 10.0. The van der Waals surface area contributed by atoms with Crippen LogP contribution in [0.5, 0.6) is 0 Å². The Morgan fingerprint density at radius 3 is 2.93 bits per heavy atom. The third kappa shape index (κ3) is 2.12. The summed E-state index contributed by atoms with van der Waals surface area (Å²) in [6.45, 7) is 1.85. The van der Waals surface area contributed by atoms with Gasteiger partial charge in [0.2, 0.25) is 0 Å².